The van der Waals surface area contributed by atoms with Crippen molar-refractivity contribution in [3.63, 3.8) is 0 Å². The van der Waals surface area contributed by atoms with Crippen LogP contribution < -0.4 is 5.73 Å². The summed E-state index contributed by atoms with van der Waals surface area (Å²) in [6, 6.07) is 0.485. The Morgan fingerprint density at radius 1 is 1.41 bits per heavy atom. The summed E-state index contributed by atoms with van der Waals surface area (Å²) in [4.78, 5) is 14.1. The Morgan fingerprint density at radius 2 is 2.12 bits per heavy atom. The fourth-order valence-corrected chi connectivity index (χ4v) is 2.51. The first-order valence-corrected chi connectivity index (χ1v) is 6.64. The number of nitrogens with zero attached hydrogens (tertiary/aromatic N) is 1. The third kappa shape index (κ3) is 5.73. The number of carbonyl (C=O) groups is 1. The highest BCUT2D eigenvalue weighted by atomic mass is 35.5. The zero-order valence-corrected chi connectivity index (χ0v) is 12.0. The number of piperidine rings is 1. The molecule has 0 radical (unpaired) electrons. The van der Waals surface area contributed by atoms with Gasteiger partial charge in [0.2, 0.25) is 5.91 Å². The average molecular weight is 263 g/mol. The number of amides is 1. The summed E-state index contributed by atoms with van der Waals surface area (Å²) in [6.45, 7) is 6.05. The Balaban J connectivity index is 0.00000256. The average Bonchev–Trinajstić information content (AvgIpc) is 2.26. The Kier molecular flexibility index (Phi) is 8.61. The molecule has 0 bridgehead atoms. The summed E-state index contributed by atoms with van der Waals surface area (Å²) in [5, 5.41) is 0. The van der Waals surface area contributed by atoms with Crippen molar-refractivity contribution in [2.24, 2.45) is 11.7 Å². The number of nitrogens with two attached hydrogens (primary N) is 1. The van der Waals surface area contributed by atoms with Gasteiger partial charge in [-0.25, -0.2) is 0 Å². The summed E-state index contributed by atoms with van der Waals surface area (Å²) in [5.74, 6) is 0.990. The van der Waals surface area contributed by atoms with Gasteiger partial charge < -0.3 is 10.6 Å². The van der Waals surface area contributed by atoms with Crippen LogP contribution in [0.3, 0.4) is 0 Å². The van der Waals surface area contributed by atoms with Gasteiger partial charge >= 0.3 is 0 Å². The summed E-state index contributed by atoms with van der Waals surface area (Å²) in [6.07, 6.45) is 6.23. The Morgan fingerprint density at radius 3 is 2.71 bits per heavy atom. The second-order valence-corrected chi connectivity index (χ2v) is 5.26. The van der Waals surface area contributed by atoms with Crippen molar-refractivity contribution in [1.29, 1.82) is 0 Å². The van der Waals surface area contributed by atoms with Crippen molar-refractivity contribution >= 4 is 18.3 Å². The normalized spacial score (nSPS) is 20.2. The number of halogens is 1. The molecule has 0 saturated carbocycles. The molecule has 1 atom stereocenters. The lowest BCUT2D eigenvalue weighted by Gasteiger charge is -2.37. The first-order valence-electron chi connectivity index (χ1n) is 6.64. The monoisotopic (exact) mass is 262 g/mol. The molecule has 4 heteroatoms. The van der Waals surface area contributed by atoms with E-state index in [-0.39, 0.29) is 12.4 Å². The van der Waals surface area contributed by atoms with Crippen molar-refractivity contribution < 1.29 is 4.79 Å². The van der Waals surface area contributed by atoms with Gasteiger partial charge in [0, 0.05) is 19.0 Å². The summed E-state index contributed by atoms with van der Waals surface area (Å²) in [5.41, 5.74) is 5.45. The molecule has 2 N–H and O–H groups in total. The highest BCUT2D eigenvalue weighted by molar-refractivity contribution is 5.85. The predicted octanol–water partition coefficient (Wildman–Crippen LogP) is 2.57. The third-order valence-electron chi connectivity index (χ3n) is 3.29. The summed E-state index contributed by atoms with van der Waals surface area (Å²) in [7, 11) is 0. The SMILES string of the molecule is CC(C)CC1CCCCN1C(=O)CCCN.Cl. The minimum absolute atomic E-state index is 0. The quantitative estimate of drug-likeness (QED) is 0.828. The van der Waals surface area contributed by atoms with Crippen LogP contribution >= 0.6 is 12.4 Å². The topological polar surface area (TPSA) is 46.3 Å². The Labute approximate surface area is 112 Å². The zero-order chi connectivity index (χ0) is 12.0. The minimum atomic E-state index is 0. The lowest BCUT2D eigenvalue weighted by Crippen LogP contribution is -2.44. The van der Waals surface area contributed by atoms with Crippen LogP contribution in [0.2, 0.25) is 0 Å². The molecule has 0 aromatic carbocycles. The molecule has 102 valence electrons. The second kappa shape index (κ2) is 8.76. The van der Waals surface area contributed by atoms with Gasteiger partial charge in [0.25, 0.3) is 0 Å². The lowest BCUT2D eigenvalue weighted by molar-refractivity contribution is -0.135. The highest BCUT2D eigenvalue weighted by Crippen LogP contribution is 2.23. The van der Waals surface area contributed by atoms with E-state index in [0.717, 1.165) is 19.4 Å². The maximum atomic E-state index is 12.0. The van der Waals surface area contributed by atoms with Crippen LogP contribution in [0.15, 0.2) is 0 Å². The highest BCUT2D eigenvalue weighted by Gasteiger charge is 2.26. The van der Waals surface area contributed by atoms with Crippen LogP contribution in [0, 0.1) is 5.92 Å². The van der Waals surface area contributed by atoms with Crippen molar-refractivity contribution in [2.45, 2.75) is 58.4 Å². The maximum Gasteiger partial charge on any atom is 0.222 e. The third-order valence-corrected chi connectivity index (χ3v) is 3.29. The van der Waals surface area contributed by atoms with Crippen molar-refractivity contribution in [3.8, 4) is 0 Å². The summed E-state index contributed by atoms with van der Waals surface area (Å²) < 4.78 is 0. The largest absolute Gasteiger partial charge is 0.340 e. The Hall–Kier alpha value is -0.280. The molecule has 0 aliphatic carbocycles. The van der Waals surface area contributed by atoms with Crippen LogP contribution in [-0.2, 0) is 4.79 Å². The molecule has 0 spiro atoms. The van der Waals surface area contributed by atoms with Gasteiger partial charge in [-0.1, -0.05) is 13.8 Å². The number of rotatable bonds is 5. The van der Waals surface area contributed by atoms with Crippen molar-refractivity contribution in [2.75, 3.05) is 13.1 Å². The van der Waals surface area contributed by atoms with Gasteiger partial charge in [0.15, 0.2) is 0 Å². The van der Waals surface area contributed by atoms with Crippen LogP contribution in [0.5, 0.6) is 0 Å². The van der Waals surface area contributed by atoms with Gasteiger partial charge in [0.05, 0.1) is 0 Å². The number of carbonyl (C=O) groups excluding carboxylic acids is 1. The van der Waals surface area contributed by atoms with E-state index in [4.69, 9.17) is 5.73 Å². The number of hydrogen-bond donors (Lipinski definition) is 1. The molecule has 1 unspecified atom stereocenters. The second-order valence-electron chi connectivity index (χ2n) is 5.26. The van der Waals surface area contributed by atoms with E-state index in [1.807, 2.05) is 0 Å². The van der Waals surface area contributed by atoms with E-state index in [2.05, 4.69) is 18.7 Å². The Bertz CT molecular complexity index is 221. The van der Waals surface area contributed by atoms with Crippen molar-refractivity contribution in [3.05, 3.63) is 0 Å². The molecule has 1 heterocycles. The van der Waals surface area contributed by atoms with Crippen LogP contribution in [0.25, 0.3) is 0 Å². The van der Waals surface area contributed by atoms with Crippen LogP contribution in [-0.4, -0.2) is 29.9 Å². The van der Waals surface area contributed by atoms with Gasteiger partial charge in [-0.05, 0) is 44.6 Å². The van der Waals surface area contributed by atoms with E-state index in [0.29, 0.717) is 30.8 Å². The fourth-order valence-electron chi connectivity index (χ4n) is 2.51. The van der Waals surface area contributed by atoms with Crippen molar-refractivity contribution in [1.82, 2.24) is 4.90 Å². The molecule has 1 aliphatic rings. The molecule has 17 heavy (non-hydrogen) atoms. The number of likely N-dealkylation sites (tertiary alicyclic amines) is 1. The lowest BCUT2D eigenvalue weighted by atomic mass is 9.93. The summed E-state index contributed by atoms with van der Waals surface area (Å²) >= 11 is 0. The molecule has 1 saturated heterocycles. The molecule has 0 aromatic rings. The molecular formula is C13H27ClN2O. The smallest absolute Gasteiger partial charge is 0.222 e. The molecule has 1 fully saturated rings. The maximum absolute atomic E-state index is 12.0. The molecular weight excluding hydrogens is 236 g/mol. The molecule has 0 aromatic heterocycles. The fraction of sp³-hybridized carbons (Fsp3) is 0.923. The van der Waals surface area contributed by atoms with Gasteiger partial charge in [0.1, 0.15) is 0 Å². The van der Waals surface area contributed by atoms with E-state index in [9.17, 15) is 4.79 Å². The molecule has 1 rings (SSSR count). The van der Waals surface area contributed by atoms with E-state index in [1.165, 1.54) is 19.3 Å². The van der Waals surface area contributed by atoms with Crippen LogP contribution in [0.4, 0.5) is 0 Å². The standard InChI is InChI=1S/C13H26N2O.ClH/c1-11(2)10-12-6-3-4-9-15(12)13(16)7-5-8-14;/h11-12H,3-10,14H2,1-2H3;1H. The van der Waals surface area contributed by atoms with Gasteiger partial charge in [-0.15, -0.1) is 12.4 Å². The predicted molar refractivity (Wildman–Crippen MR) is 74.3 cm³/mol. The molecule has 1 aliphatic heterocycles. The first kappa shape index (κ1) is 16.7. The van der Waals surface area contributed by atoms with E-state index < -0.39 is 0 Å². The first-order chi connectivity index (χ1) is 7.65. The van der Waals surface area contributed by atoms with Crippen LogP contribution in [0.1, 0.15) is 52.4 Å². The minimum Gasteiger partial charge on any atom is -0.340 e. The zero-order valence-electron chi connectivity index (χ0n) is 11.2. The molecule has 3 nitrogen and oxygen atoms in total. The van der Waals surface area contributed by atoms with Gasteiger partial charge in [-0.2, -0.15) is 0 Å². The number of hydrogen-bond acceptors (Lipinski definition) is 2. The van der Waals surface area contributed by atoms with E-state index >= 15 is 0 Å². The van der Waals surface area contributed by atoms with E-state index in [1.54, 1.807) is 0 Å². The molecule has 1 amide bonds. The van der Waals surface area contributed by atoms with Gasteiger partial charge in [-0.3, -0.25) is 4.79 Å².